The van der Waals surface area contributed by atoms with E-state index in [1.165, 1.54) is 0 Å². The Balaban J connectivity index is 1.80. The maximum Gasteiger partial charge on any atom is 0.224 e. The summed E-state index contributed by atoms with van der Waals surface area (Å²) in [5.74, 6) is 0.0437. The molecule has 0 spiro atoms. The van der Waals surface area contributed by atoms with Gasteiger partial charge in [-0.3, -0.25) is 4.79 Å². The van der Waals surface area contributed by atoms with E-state index in [2.05, 4.69) is 20.8 Å². The second kappa shape index (κ2) is 5.16. The van der Waals surface area contributed by atoms with Crippen molar-refractivity contribution in [3.63, 3.8) is 0 Å². The highest BCUT2D eigenvalue weighted by Gasteiger charge is 2.16. The van der Waals surface area contributed by atoms with Crippen LogP contribution in [0.2, 0.25) is 0 Å². The van der Waals surface area contributed by atoms with E-state index < -0.39 is 0 Å². The van der Waals surface area contributed by atoms with Gasteiger partial charge in [0.1, 0.15) is 0 Å². The molecular weight excluding hydrogens is 254 g/mol. The van der Waals surface area contributed by atoms with Crippen molar-refractivity contribution < 1.29 is 4.79 Å². The van der Waals surface area contributed by atoms with Gasteiger partial charge in [0.25, 0.3) is 0 Å². The first-order valence-electron chi connectivity index (χ1n) is 6.45. The summed E-state index contributed by atoms with van der Waals surface area (Å²) in [6, 6.07) is 7.50. The number of fused-ring (bicyclic) bond motifs is 1. The van der Waals surface area contributed by atoms with E-state index in [0.717, 1.165) is 29.1 Å². The van der Waals surface area contributed by atoms with E-state index >= 15 is 0 Å². The molecule has 0 fully saturated rings. The summed E-state index contributed by atoms with van der Waals surface area (Å²) in [6.45, 7) is 0.533. The van der Waals surface area contributed by atoms with Gasteiger partial charge in [-0.15, -0.1) is 0 Å². The van der Waals surface area contributed by atoms with Crippen LogP contribution in [0.4, 0.5) is 17.1 Å². The molecule has 0 saturated heterocycles. The Labute approximate surface area is 116 Å². The zero-order chi connectivity index (χ0) is 13.9. The summed E-state index contributed by atoms with van der Waals surface area (Å²) in [6.07, 6.45) is 2.88. The fourth-order valence-corrected chi connectivity index (χ4v) is 2.21. The average molecular weight is 269 g/mol. The van der Waals surface area contributed by atoms with Gasteiger partial charge in [0, 0.05) is 18.3 Å². The Morgan fingerprint density at radius 2 is 2.25 bits per heavy atom. The average Bonchev–Trinajstić information content (AvgIpc) is 2.46. The quantitative estimate of drug-likeness (QED) is 0.735. The molecule has 3 rings (SSSR count). The van der Waals surface area contributed by atoms with Crippen molar-refractivity contribution in [1.29, 1.82) is 0 Å². The van der Waals surface area contributed by atoms with Crippen molar-refractivity contribution in [3.8, 4) is 0 Å². The number of nitrogens with zero attached hydrogens (tertiary/aromatic N) is 2. The molecule has 1 aromatic heterocycles. The molecule has 0 radical (unpaired) electrons. The molecule has 1 aliphatic rings. The topological polar surface area (TPSA) is 92.9 Å². The lowest BCUT2D eigenvalue weighted by Gasteiger charge is -2.19. The van der Waals surface area contributed by atoms with E-state index in [-0.39, 0.29) is 5.91 Å². The van der Waals surface area contributed by atoms with Crippen molar-refractivity contribution in [2.75, 3.05) is 16.4 Å². The number of hydrogen-bond donors (Lipinski definition) is 3. The number of nitrogen functional groups attached to an aromatic ring is 1. The van der Waals surface area contributed by atoms with Gasteiger partial charge in [-0.05, 0) is 36.2 Å². The number of aryl methyl sites for hydroxylation is 1. The minimum atomic E-state index is 0.0437. The number of nitrogens with two attached hydrogens (primary N) is 1. The molecule has 1 aromatic carbocycles. The lowest BCUT2D eigenvalue weighted by atomic mass is 10.0. The van der Waals surface area contributed by atoms with Crippen LogP contribution in [0.3, 0.4) is 0 Å². The molecular formula is C14H15N5O. The smallest absolute Gasteiger partial charge is 0.224 e. The Morgan fingerprint density at radius 1 is 1.35 bits per heavy atom. The minimum Gasteiger partial charge on any atom is -0.397 e. The summed E-state index contributed by atoms with van der Waals surface area (Å²) in [5.41, 5.74) is 10.2. The third kappa shape index (κ3) is 2.54. The minimum absolute atomic E-state index is 0.0437. The van der Waals surface area contributed by atoms with Crippen LogP contribution in [0, 0.1) is 0 Å². The van der Waals surface area contributed by atoms with Crippen LogP contribution in [-0.4, -0.2) is 16.1 Å². The van der Waals surface area contributed by atoms with Crippen LogP contribution in [0.25, 0.3) is 0 Å². The molecule has 102 valence electrons. The second-order valence-electron chi connectivity index (χ2n) is 4.71. The van der Waals surface area contributed by atoms with Crippen LogP contribution in [0.1, 0.15) is 17.7 Å². The van der Waals surface area contributed by atoms with Crippen molar-refractivity contribution >= 4 is 23.0 Å². The van der Waals surface area contributed by atoms with E-state index in [1.807, 2.05) is 24.3 Å². The van der Waals surface area contributed by atoms with E-state index in [0.29, 0.717) is 18.7 Å². The van der Waals surface area contributed by atoms with Gasteiger partial charge < -0.3 is 16.4 Å². The highest BCUT2D eigenvalue weighted by atomic mass is 16.1. The predicted octanol–water partition coefficient (Wildman–Crippen LogP) is 1.56. The Morgan fingerprint density at radius 3 is 3.05 bits per heavy atom. The Hall–Kier alpha value is -2.63. The molecule has 6 nitrogen and oxygen atoms in total. The SMILES string of the molecule is Nc1cc2c(cc1NCc1cccnn1)NC(=O)CC2. The molecule has 0 saturated carbocycles. The number of rotatable bonds is 3. The highest BCUT2D eigenvalue weighted by Crippen LogP contribution is 2.31. The van der Waals surface area contributed by atoms with Gasteiger partial charge in [-0.25, -0.2) is 0 Å². The normalized spacial score (nSPS) is 13.5. The first-order chi connectivity index (χ1) is 9.72. The number of carbonyl (C=O) groups excluding carboxylic acids is 1. The molecule has 0 atom stereocenters. The lowest BCUT2D eigenvalue weighted by Crippen LogP contribution is -2.19. The van der Waals surface area contributed by atoms with E-state index in [9.17, 15) is 4.79 Å². The first-order valence-corrected chi connectivity index (χ1v) is 6.45. The van der Waals surface area contributed by atoms with Crippen LogP contribution >= 0.6 is 0 Å². The fraction of sp³-hybridized carbons (Fsp3) is 0.214. The molecule has 0 unspecified atom stereocenters. The molecule has 20 heavy (non-hydrogen) atoms. The number of amides is 1. The molecule has 1 amide bonds. The van der Waals surface area contributed by atoms with Crippen molar-refractivity contribution in [3.05, 3.63) is 41.7 Å². The first kappa shape index (κ1) is 12.4. The number of benzene rings is 1. The van der Waals surface area contributed by atoms with Gasteiger partial charge in [0.2, 0.25) is 5.91 Å². The van der Waals surface area contributed by atoms with Crippen molar-refractivity contribution in [2.45, 2.75) is 19.4 Å². The Bertz CT molecular complexity index is 642. The third-order valence-electron chi connectivity index (χ3n) is 3.26. The molecule has 2 aromatic rings. The largest absolute Gasteiger partial charge is 0.397 e. The maximum absolute atomic E-state index is 11.4. The molecule has 0 bridgehead atoms. The number of anilines is 3. The zero-order valence-corrected chi connectivity index (χ0v) is 10.9. The van der Waals surface area contributed by atoms with Gasteiger partial charge in [0.05, 0.1) is 23.6 Å². The monoisotopic (exact) mass is 269 g/mol. The van der Waals surface area contributed by atoms with Crippen molar-refractivity contribution in [2.24, 2.45) is 0 Å². The van der Waals surface area contributed by atoms with Crippen LogP contribution in [-0.2, 0) is 17.8 Å². The second-order valence-corrected chi connectivity index (χ2v) is 4.71. The number of carbonyl (C=O) groups is 1. The zero-order valence-electron chi connectivity index (χ0n) is 10.9. The van der Waals surface area contributed by atoms with Gasteiger partial charge in [-0.2, -0.15) is 10.2 Å². The lowest BCUT2D eigenvalue weighted by molar-refractivity contribution is -0.116. The molecule has 0 aliphatic carbocycles. The molecule has 4 N–H and O–H groups in total. The van der Waals surface area contributed by atoms with Gasteiger partial charge >= 0.3 is 0 Å². The fourth-order valence-electron chi connectivity index (χ4n) is 2.21. The number of nitrogens with one attached hydrogen (secondary N) is 2. The number of aromatic nitrogens is 2. The van der Waals surface area contributed by atoms with Crippen LogP contribution in [0.15, 0.2) is 30.5 Å². The molecule has 6 heteroatoms. The predicted molar refractivity (Wildman–Crippen MR) is 77.2 cm³/mol. The van der Waals surface area contributed by atoms with E-state index in [1.54, 1.807) is 6.20 Å². The summed E-state index contributed by atoms with van der Waals surface area (Å²) in [5, 5.41) is 13.9. The summed E-state index contributed by atoms with van der Waals surface area (Å²) >= 11 is 0. The van der Waals surface area contributed by atoms with Gasteiger partial charge in [0.15, 0.2) is 0 Å². The molecule has 2 heterocycles. The summed E-state index contributed by atoms with van der Waals surface area (Å²) < 4.78 is 0. The maximum atomic E-state index is 11.4. The molecule has 1 aliphatic heterocycles. The third-order valence-corrected chi connectivity index (χ3v) is 3.26. The van der Waals surface area contributed by atoms with Gasteiger partial charge in [-0.1, -0.05) is 0 Å². The van der Waals surface area contributed by atoms with Crippen molar-refractivity contribution in [1.82, 2.24) is 10.2 Å². The van der Waals surface area contributed by atoms with Crippen LogP contribution < -0.4 is 16.4 Å². The van der Waals surface area contributed by atoms with Crippen LogP contribution in [0.5, 0.6) is 0 Å². The standard InChI is InChI=1S/C14H15N5O/c15-11-6-9-3-4-14(20)18-12(9)7-13(11)16-8-10-2-1-5-17-19-10/h1-2,5-7,16H,3-4,8,15H2,(H,18,20). The summed E-state index contributed by atoms with van der Waals surface area (Å²) in [4.78, 5) is 11.4. The Kier molecular flexibility index (Phi) is 3.20. The van der Waals surface area contributed by atoms with E-state index in [4.69, 9.17) is 5.73 Å². The summed E-state index contributed by atoms with van der Waals surface area (Å²) in [7, 11) is 0. The number of hydrogen-bond acceptors (Lipinski definition) is 5. The highest BCUT2D eigenvalue weighted by molar-refractivity contribution is 5.95.